The first-order chi connectivity index (χ1) is 9.15. The molecule has 0 spiro atoms. The molecule has 0 fully saturated rings. The maximum atomic E-state index is 12.1. The predicted octanol–water partition coefficient (Wildman–Crippen LogP) is 2.15. The zero-order valence-electron chi connectivity index (χ0n) is 11.7. The van der Waals surface area contributed by atoms with E-state index in [1.54, 1.807) is 0 Å². The van der Waals surface area contributed by atoms with Gasteiger partial charge in [0.1, 0.15) is 0 Å². The molecule has 112 valence electrons. The lowest BCUT2D eigenvalue weighted by atomic mass is 10.0. The molecule has 3 N–H and O–H groups in total. The summed E-state index contributed by atoms with van der Waals surface area (Å²) in [6.45, 7) is 5.96. The van der Waals surface area contributed by atoms with Crippen molar-refractivity contribution in [3.05, 3.63) is 28.8 Å². The number of sulfonamides is 1. The van der Waals surface area contributed by atoms with Crippen molar-refractivity contribution in [3.8, 4) is 0 Å². The summed E-state index contributed by atoms with van der Waals surface area (Å²) in [5.41, 5.74) is 0.177. The molecular weight excluding hydrogens is 300 g/mol. The fourth-order valence-electron chi connectivity index (χ4n) is 1.64. The second-order valence-electron chi connectivity index (χ2n) is 4.87. The van der Waals surface area contributed by atoms with Gasteiger partial charge in [0.25, 0.3) is 5.91 Å². The first-order valence-electron chi connectivity index (χ1n) is 6.29. The largest absolute Gasteiger partial charge is 0.349 e. The Kier molecular flexibility index (Phi) is 5.56. The molecule has 1 amide bonds. The van der Waals surface area contributed by atoms with E-state index in [2.05, 4.69) is 5.32 Å². The average Bonchev–Trinajstić information content (AvgIpc) is 2.35. The van der Waals surface area contributed by atoms with E-state index in [1.165, 1.54) is 18.2 Å². The van der Waals surface area contributed by atoms with Crippen LogP contribution in [0.2, 0.25) is 5.02 Å². The number of nitrogens with two attached hydrogens (primary N) is 1. The Labute approximate surface area is 124 Å². The van der Waals surface area contributed by atoms with Crippen molar-refractivity contribution in [1.29, 1.82) is 0 Å². The maximum absolute atomic E-state index is 12.1. The van der Waals surface area contributed by atoms with E-state index >= 15 is 0 Å². The zero-order chi connectivity index (χ0) is 15.5. The average molecular weight is 319 g/mol. The number of benzene rings is 1. The van der Waals surface area contributed by atoms with Gasteiger partial charge in [0, 0.05) is 16.6 Å². The molecule has 1 aromatic carbocycles. The third kappa shape index (κ3) is 4.47. The lowest BCUT2D eigenvalue weighted by molar-refractivity contribution is 0.0928. The monoisotopic (exact) mass is 318 g/mol. The van der Waals surface area contributed by atoms with Crippen LogP contribution in [0.15, 0.2) is 23.1 Å². The normalized spacial score (nSPS) is 14.7. The van der Waals surface area contributed by atoms with Gasteiger partial charge < -0.3 is 5.32 Å². The van der Waals surface area contributed by atoms with Crippen LogP contribution in [0.3, 0.4) is 0 Å². The van der Waals surface area contributed by atoms with Gasteiger partial charge >= 0.3 is 0 Å². The van der Waals surface area contributed by atoms with E-state index in [0.29, 0.717) is 5.92 Å². The number of hydrogen-bond acceptors (Lipinski definition) is 3. The topological polar surface area (TPSA) is 89.3 Å². The van der Waals surface area contributed by atoms with Crippen LogP contribution in [-0.2, 0) is 10.0 Å². The van der Waals surface area contributed by atoms with E-state index in [4.69, 9.17) is 16.7 Å². The standard InChI is InChI=1S/C13H19ClN2O3S/c1-4-8(2)9(3)16-13(17)10-5-11(14)7-12(6-10)20(15,18)19/h5-9H,4H2,1-3H3,(H,16,17)(H2,15,18,19). The van der Waals surface area contributed by atoms with Gasteiger partial charge in [-0.3, -0.25) is 4.79 Å². The lowest BCUT2D eigenvalue weighted by Gasteiger charge is -2.20. The Morgan fingerprint density at radius 2 is 1.95 bits per heavy atom. The van der Waals surface area contributed by atoms with Crippen LogP contribution < -0.4 is 10.5 Å². The Bertz CT molecular complexity index is 602. The zero-order valence-corrected chi connectivity index (χ0v) is 13.3. The summed E-state index contributed by atoms with van der Waals surface area (Å²) < 4.78 is 22.6. The van der Waals surface area contributed by atoms with Crippen LogP contribution in [0.25, 0.3) is 0 Å². The number of carbonyl (C=O) groups excluding carboxylic acids is 1. The summed E-state index contributed by atoms with van der Waals surface area (Å²) in [7, 11) is -3.90. The molecule has 1 aromatic rings. The Morgan fingerprint density at radius 3 is 2.45 bits per heavy atom. The number of amides is 1. The molecule has 2 atom stereocenters. The Morgan fingerprint density at radius 1 is 1.35 bits per heavy atom. The highest BCUT2D eigenvalue weighted by molar-refractivity contribution is 7.89. The van der Waals surface area contributed by atoms with Crippen molar-refractivity contribution in [1.82, 2.24) is 5.32 Å². The van der Waals surface area contributed by atoms with E-state index in [-0.39, 0.29) is 27.4 Å². The molecule has 0 saturated carbocycles. The van der Waals surface area contributed by atoms with Crippen LogP contribution in [0, 0.1) is 5.92 Å². The van der Waals surface area contributed by atoms with Gasteiger partial charge in [-0.05, 0) is 31.0 Å². The van der Waals surface area contributed by atoms with Gasteiger partial charge in [-0.2, -0.15) is 0 Å². The molecule has 0 aliphatic carbocycles. The van der Waals surface area contributed by atoms with Crippen molar-refractivity contribution < 1.29 is 13.2 Å². The number of hydrogen-bond donors (Lipinski definition) is 2. The summed E-state index contributed by atoms with van der Waals surface area (Å²) in [6, 6.07) is 3.82. The summed E-state index contributed by atoms with van der Waals surface area (Å²) in [5, 5.41) is 8.02. The molecule has 0 aromatic heterocycles. The minimum absolute atomic E-state index is 0.0237. The third-order valence-electron chi connectivity index (χ3n) is 3.32. The van der Waals surface area contributed by atoms with Crippen molar-refractivity contribution in [3.63, 3.8) is 0 Å². The molecule has 5 nitrogen and oxygen atoms in total. The first kappa shape index (κ1) is 16.9. The molecule has 0 aliphatic heterocycles. The number of carbonyl (C=O) groups is 1. The number of halogens is 1. The van der Waals surface area contributed by atoms with Gasteiger partial charge in [0.2, 0.25) is 10.0 Å². The second kappa shape index (κ2) is 6.56. The van der Waals surface area contributed by atoms with Gasteiger partial charge in [-0.15, -0.1) is 0 Å². The highest BCUT2D eigenvalue weighted by Crippen LogP contribution is 2.18. The Balaban J connectivity index is 3.03. The Hall–Kier alpha value is -1.11. The molecule has 20 heavy (non-hydrogen) atoms. The first-order valence-corrected chi connectivity index (χ1v) is 8.21. The third-order valence-corrected chi connectivity index (χ3v) is 4.43. The highest BCUT2D eigenvalue weighted by atomic mass is 35.5. The van der Waals surface area contributed by atoms with Crippen LogP contribution in [0.1, 0.15) is 37.6 Å². The number of nitrogens with one attached hydrogen (secondary N) is 1. The second-order valence-corrected chi connectivity index (χ2v) is 6.87. The van der Waals surface area contributed by atoms with E-state index < -0.39 is 10.0 Å². The van der Waals surface area contributed by atoms with E-state index in [9.17, 15) is 13.2 Å². The minimum atomic E-state index is -3.90. The predicted molar refractivity (Wildman–Crippen MR) is 79.2 cm³/mol. The molecule has 1 rings (SSSR count). The fraction of sp³-hybridized carbons (Fsp3) is 0.462. The van der Waals surface area contributed by atoms with Crippen LogP contribution in [0.5, 0.6) is 0 Å². The smallest absolute Gasteiger partial charge is 0.251 e. The molecule has 0 aliphatic rings. The molecular formula is C13H19ClN2O3S. The molecule has 0 heterocycles. The molecule has 0 radical (unpaired) electrons. The van der Waals surface area contributed by atoms with Crippen LogP contribution in [0.4, 0.5) is 0 Å². The molecule has 0 bridgehead atoms. The summed E-state index contributed by atoms with van der Waals surface area (Å²) in [5.74, 6) is -0.0546. The summed E-state index contributed by atoms with van der Waals surface area (Å²) >= 11 is 5.83. The van der Waals surface area contributed by atoms with Crippen molar-refractivity contribution in [2.45, 2.75) is 38.1 Å². The molecule has 2 unspecified atom stereocenters. The summed E-state index contributed by atoms with van der Waals surface area (Å²) in [6.07, 6.45) is 0.930. The van der Waals surface area contributed by atoms with Gasteiger partial charge in [-0.25, -0.2) is 13.6 Å². The van der Waals surface area contributed by atoms with E-state index in [1.807, 2.05) is 20.8 Å². The number of rotatable bonds is 5. The molecule has 7 heteroatoms. The van der Waals surface area contributed by atoms with Gasteiger partial charge in [0.05, 0.1) is 4.90 Å². The number of primary sulfonamides is 1. The van der Waals surface area contributed by atoms with Crippen LogP contribution in [-0.4, -0.2) is 20.4 Å². The quantitative estimate of drug-likeness (QED) is 0.871. The SMILES string of the molecule is CCC(C)C(C)NC(=O)c1cc(Cl)cc(S(N)(=O)=O)c1. The minimum Gasteiger partial charge on any atom is -0.349 e. The van der Waals surface area contributed by atoms with Crippen molar-refractivity contribution in [2.24, 2.45) is 11.1 Å². The summed E-state index contributed by atoms with van der Waals surface area (Å²) in [4.78, 5) is 11.9. The lowest BCUT2D eigenvalue weighted by Crippen LogP contribution is -2.37. The molecule has 0 saturated heterocycles. The van der Waals surface area contributed by atoms with Gasteiger partial charge in [0.15, 0.2) is 0 Å². The van der Waals surface area contributed by atoms with Crippen molar-refractivity contribution in [2.75, 3.05) is 0 Å². The fourth-order valence-corrected chi connectivity index (χ4v) is 2.53. The van der Waals surface area contributed by atoms with E-state index in [0.717, 1.165) is 6.42 Å². The van der Waals surface area contributed by atoms with Crippen LogP contribution >= 0.6 is 11.6 Å². The van der Waals surface area contributed by atoms with Crippen molar-refractivity contribution >= 4 is 27.5 Å². The maximum Gasteiger partial charge on any atom is 0.251 e. The highest BCUT2D eigenvalue weighted by Gasteiger charge is 2.17. The van der Waals surface area contributed by atoms with Gasteiger partial charge in [-0.1, -0.05) is 31.9 Å².